The van der Waals surface area contributed by atoms with Crippen LogP contribution in [0, 0.1) is 10.8 Å². The van der Waals surface area contributed by atoms with Gasteiger partial charge in [0, 0.05) is 56.3 Å². The van der Waals surface area contributed by atoms with Gasteiger partial charge < -0.3 is 19.7 Å². The second-order valence-electron chi connectivity index (χ2n) is 9.70. The van der Waals surface area contributed by atoms with E-state index >= 15 is 0 Å². The van der Waals surface area contributed by atoms with Crippen molar-refractivity contribution in [1.82, 2.24) is 0 Å². The molecule has 240 valence electrons. The first-order valence-corrected chi connectivity index (χ1v) is 14.7. The van der Waals surface area contributed by atoms with E-state index in [1.165, 1.54) is 12.1 Å². The average molecular weight is 679 g/mol. The van der Waals surface area contributed by atoms with Crippen molar-refractivity contribution in [1.29, 1.82) is 10.8 Å². The summed E-state index contributed by atoms with van der Waals surface area (Å²) in [5.74, 6) is 1.95. The van der Waals surface area contributed by atoms with Crippen molar-refractivity contribution in [2.45, 2.75) is 0 Å². The molecule has 0 spiro atoms. The molecule has 0 saturated heterocycles. The van der Waals surface area contributed by atoms with E-state index in [0.717, 1.165) is 0 Å². The molecule has 0 amide bonds. The summed E-state index contributed by atoms with van der Waals surface area (Å²) in [6.45, 7) is 0. The normalized spacial score (nSPS) is 14.0. The molecule has 20 nitrogen and oxygen atoms in total. The Morgan fingerprint density at radius 3 is 1.29 bits per heavy atom. The minimum Gasteiger partial charge on any atom is -0.871 e. The Bertz CT molecular complexity index is 2460. The topological polar surface area (TPSA) is 294 Å². The first-order chi connectivity index (χ1) is 23.5. The van der Waals surface area contributed by atoms with E-state index in [1.54, 1.807) is 60.7 Å². The molecule has 0 bridgehead atoms. The van der Waals surface area contributed by atoms with Gasteiger partial charge in [0.1, 0.15) is 23.0 Å². The van der Waals surface area contributed by atoms with Gasteiger partial charge >= 0.3 is 21.8 Å². The molecule has 0 aliphatic carbocycles. The van der Waals surface area contributed by atoms with Crippen molar-refractivity contribution >= 4 is 44.9 Å². The summed E-state index contributed by atoms with van der Waals surface area (Å²) in [4.78, 5) is 6.16. The smallest absolute Gasteiger partial charge is 0.394 e. The average Bonchev–Trinajstić information content (AvgIpc) is 3.83. The van der Waals surface area contributed by atoms with E-state index in [-0.39, 0.29) is 22.9 Å². The standard InChI is InChI=1S/2C14H6N6O2.H2O4S/c2*15-16-8-2-4-11-10(6-8)13(21)9-3-1-7(5-12(9)22-11)14-17-19-20-18-14;1-5(2,3)4/h2*1-6H;(H2,1,2,3,4). The van der Waals surface area contributed by atoms with Gasteiger partial charge in [0.2, 0.25) is 22.4 Å². The second-order valence-corrected chi connectivity index (χ2v) is 10.6. The summed E-state index contributed by atoms with van der Waals surface area (Å²) >= 11 is 0. The molecular formula is C28H14N12O8S. The molecule has 2 N–H and O–H groups in total. The van der Waals surface area contributed by atoms with Crippen molar-refractivity contribution < 1.29 is 37.2 Å². The lowest BCUT2D eigenvalue weighted by atomic mass is 10.1. The van der Waals surface area contributed by atoms with Gasteiger partial charge in [-0.2, -0.15) is 8.42 Å². The maximum Gasteiger partial charge on any atom is 0.394 e. The molecule has 4 aliphatic rings. The molecule has 4 aliphatic heterocycles. The number of ether oxygens (including phenoxy) is 2. The zero-order valence-electron chi connectivity index (χ0n) is 24.0. The summed E-state index contributed by atoms with van der Waals surface area (Å²) < 4.78 is 43.1. The second kappa shape index (κ2) is 12.8. The van der Waals surface area contributed by atoms with E-state index in [9.17, 15) is 10.2 Å². The van der Waals surface area contributed by atoms with Crippen LogP contribution in [0.2, 0.25) is 0 Å². The van der Waals surface area contributed by atoms with E-state index in [1.807, 2.05) is 0 Å². The van der Waals surface area contributed by atoms with E-state index in [0.29, 0.717) is 66.6 Å². The lowest BCUT2D eigenvalue weighted by molar-refractivity contribution is -0.246. The van der Waals surface area contributed by atoms with Crippen LogP contribution in [0.1, 0.15) is 11.1 Å². The summed E-state index contributed by atoms with van der Waals surface area (Å²) in [6, 6.07) is 19.2. The van der Waals surface area contributed by atoms with Gasteiger partial charge in [-0.3, -0.25) is 9.11 Å². The van der Waals surface area contributed by atoms with Gasteiger partial charge in [0.05, 0.1) is 0 Å². The largest absolute Gasteiger partial charge is 0.871 e. The fraction of sp³-hybridized carbons (Fsp3) is 0. The third-order valence-electron chi connectivity index (χ3n) is 6.69. The Kier molecular flexibility index (Phi) is 8.28. The Morgan fingerprint density at radius 2 is 0.939 bits per heavy atom. The van der Waals surface area contributed by atoms with Crippen molar-refractivity contribution in [2.75, 3.05) is 0 Å². The third-order valence-corrected chi connectivity index (χ3v) is 6.69. The summed E-state index contributed by atoms with van der Waals surface area (Å²) in [6.07, 6.45) is 0. The minimum absolute atomic E-state index is 0.201. The molecule has 4 aromatic carbocycles. The summed E-state index contributed by atoms with van der Waals surface area (Å²) in [7, 11) is -4.67. The molecule has 0 aromatic heterocycles. The van der Waals surface area contributed by atoms with Crippen LogP contribution in [0.15, 0.2) is 114 Å². The van der Waals surface area contributed by atoms with Gasteiger partial charge in [0.25, 0.3) is 0 Å². The Hall–Kier alpha value is -7.33. The molecule has 0 fully saturated rings. The van der Waals surface area contributed by atoms with Crippen LogP contribution < -0.4 is 40.6 Å². The van der Waals surface area contributed by atoms with Crippen molar-refractivity contribution in [3.8, 4) is 23.0 Å². The lowest BCUT2D eigenvalue weighted by Crippen LogP contribution is -2.25. The van der Waals surface area contributed by atoms with Crippen LogP contribution in [0.3, 0.4) is 0 Å². The number of nitrogens with zero attached hydrogens (tertiary/aromatic N) is 12. The summed E-state index contributed by atoms with van der Waals surface area (Å²) in [5.41, 5.74) is 1.28. The lowest BCUT2D eigenvalue weighted by Gasteiger charge is -2.22. The number of benzene rings is 4. The van der Waals surface area contributed by atoms with Crippen LogP contribution in [-0.2, 0) is 10.4 Å². The van der Waals surface area contributed by atoms with Crippen molar-refractivity contribution in [3.05, 3.63) is 115 Å². The highest BCUT2D eigenvalue weighted by Gasteiger charge is 2.19. The molecule has 8 rings (SSSR count). The first kappa shape index (κ1) is 31.6. The maximum atomic E-state index is 12.5. The van der Waals surface area contributed by atoms with Gasteiger partial charge in [0.15, 0.2) is 9.95 Å². The number of fused-ring (bicyclic) bond motifs is 4. The molecule has 0 radical (unpaired) electrons. The highest BCUT2D eigenvalue weighted by atomic mass is 32.3. The molecule has 0 unspecified atom stereocenters. The zero-order valence-corrected chi connectivity index (χ0v) is 24.9. The summed E-state index contributed by atoms with van der Waals surface area (Å²) in [5, 5.41) is 73.6. The predicted molar refractivity (Wildman–Crippen MR) is 159 cm³/mol. The van der Waals surface area contributed by atoms with Crippen LogP contribution in [0.25, 0.3) is 33.1 Å². The highest BCUT2D eigenvalue weighted by Crippen LogP contribution is 2.34. The van der Waals surface area contributed by atoms with E-state index in [4.69, 9.17) is 37.8 Å². The Morgan fingerprint density at radius 1 is 0.571 bits per heavy atom. The monoisotopic (exact) mass is 678 g/mol. The SMILES string of the molecule is N#[N+]c1ccc2c(c1)C([O-])=c1ccc(=C3N=NN=N3)cc1O2.N#[N+]c1ccc2c(c1)C([O-])=c1ccc(=C3N=NN=N3)cc1O2.O=S(=O)(O)O. The van der Waals surface area contributed by atoms with E-state index < -0.39 is 10.4 Å². The molecule has 21 heteroatoms. The van der Waals surface area contributed by atoms with Crippen LogP contribution in [0.4, 0.5) is 11.4 Å². The number of diazo groups is 2. The van der Waals surface area contributed by atoms with Gasteiger partial charge in [-0.25, -0.2) is 0 Å². The highest BCUT2D eigenvalue weighted by molar-refractivity contribution is 7.79. The van der Waals surface area contributed by atoms with Gasteiger partial charge in [-0.15, -0.1) is 20.5 Å². The number of hydrogen-bond donors (Lipinski definition) is 2. The third kappa shape index (κ3) is 6.79. The minimum atomic E-state index is -4.67. The Balaban J connectivity index is 0.000000150. The zero-order chi connectivity index (χ0) is 34.7. The quantitative estimate of drug-likeness (QED) is 0.202. The van der Waals surface area contributed by atoms with Crippen molar-refractivity contribution in [2.24, 2.45) is 41.4 Å². The van der Waals surface area contributed by atoms with E-state index in [2.05, 4.69) is 51.3 Å². The van der Waals surface area contributed by atoms with Crippen LogP contribution >= 0.6 is 0 Å². The molecule has 0 atom stereocenters. The van der Waals surface area contributed by atoms with Crippen LogP contribution in [-0.4, -0.2) is 17.5 Å². The van der Waals surface area contributed by atoms with Gasteiger partial charge in [-0.05, 0) is 45.2 Å². The molecule has 49 heavy (non-hydrogen) atoms. The molecule has 0 saturated carbocycles. The number of rotatable bonds is 0. The Labute approximate surface area is 271 Å². The fourth-order valence-corrected chi connectivity index (χ4v) is 4.61. The molecule has 4 heterocycles. The predicted octanol–water partition coefficient (Wildman–Crippen LogP) is 2.73. The van der Waals surface area contributed by atoms with Gasteiger partial charge in [-0.1, -0.05) is 35.8 Å². The maximum absolute atomic E-state index is 12.5. The molecule has 4 aromatic rings. The fourth-order valence-electron chi connectivity index (χ4n) is 4.61. The molecular weight excluding hydrogens is 664 g/mol. The first-order valence-electron chi connectivity index (χ1n) is 13.3. The van der Waals surface area contributed by atoms with Crippen molar-refractivity contribution in [3.63, 3.8) is 0 Å². The number of hydrogen-bond acceptors (Lipinski definition) is 16. The van der Waals surface area contributed by atoms with Crippen LogP contribution in [0.5, 0.6) is 23.0 Å².